The summed E-state index contributed by atoms with van der Waals surface area (Å²) in [6.07, 6.45) is 7.62. The Bertz CT molecular complexity index is 1070. The molecular weight excluding hydrogens is 420 g/mol. The maximum Gasteiger partial charge on any atom is 0.289 e. The minimum atomic E-state index is -0.127. The molecule has 3 aromatic rings. The number of aryl methyl sites for hydroxylation is 2. The summed E-state index contributed by atoms with van der Waals surface area (Å²) in [6.45, 7) is 1.14. The second-order valence-corrected chi connectivity index (χ2v) is 9.72. The van der Waals surface area contributed by atoms with E-state index in [-0.39, 0.29) is 23.8 Å². The van der Waals surface area contributed by atoms with Crippen LogP contribution in [0.5, 0.6) is 0 Å². The first kappa shape index (κ1) is 21.0. The second kappa shape index (κ2) is 9.33. The third-order valence-corrected chi connectivity index (χ3v) is 7.64. The Balaban J connectivity index is 1.27. The molecule has 0 bridgehead atoms. The van der Waals surface area contributed by atoms with E-state index < -0.39 is 0 Å². The molecule has 166 valence electrons. The van der Waals surface area contributed by atoms with E-state index in [1.54, 1.807) is 28.4 Å². The molecule has 0 saturated carbocycles. The van der Waals surface area contributed by atoms with Crippen molar-refractivity contribution in [1.82, 2.24) is 10.2 Å². The molecule has 0 radical (unpaired) electrons. The summed E-state index contributed by atoms with van der Waals surface area (Å²) < 4.78 is 5.24. The Morgan fingerprint density at radius 1 is 1.03 bits per heavy atom. The molecule has 2 amide bonds. The number of nitrogens with zero attached hydrogens (tertiary/aromatic N) is 1. The Hall–Kier alpha value is -2.86. The number of benzene rings is 1. The molecule has 1 atom stereocenters. The molecule has 1 aliphatic heterocycles. The number of hydrogen-bond donors (Lipinski definition) is 1. The van der Waals surface area contributed by atoms with Crippen LogP contribution < -0.4 is 5.32 Å². The highest BCUT2D eigenvalue weighted by Crippen LogP contribution is 2.31. The largest absolute Gasteiger partial charge is 0.459 e. The molecule has 1 unspecified atom stereocenters. The van der Waals surface area contributed by atoms with E-state index in [0.717, 1.165) is 23.3 Å². The van der Waals surface area contributed by atoms with Gasteiger partial charge in [0.2, 0.25) is 5.91 Å². The SMILES string of the molecule is O=C(NC(c1ccc2c(c1)CCCC2)c1cccs1)C1CCN(C(=O)c2ccco2)CC1. The number of hydrogen-bond acceptors (Lipinski definition) is 4. The number of piperidine rings is 1. The number of furan rings is 1. The monoisotopic (exact) mass is 448 g/mol. The van der Waals surface area contributed by atoms with Crippen LogP contribution >= 0.6 is 11.3 Å². The quantitative estimate of drug-likeness (QED) is 0.599. The van der Waals surface area contributed by atoms with Gasteiger partial charge in [-0.25, -0.2) is 0 Å². The van der Waals surface area contributed by atoms with Crippen molar-refractivity contribution in [2.24, 2.45) is 5.92 Å². The van der Waals surface area contributed by atoms with Crippen LogP contribution in [0.25, 0.3) is 0 Å². The summed E-state index contributed by atoms with van der Waals surface area (Å²) in [6, 6.07) is 14.1. The average molecular weight is 449 g/mol. The van der Waals surface area contributed by atoms with Gasteiger partial charge in [-0.1, -0.05) is 24.3 Å². The van der Waals surface area contributed by atoms with Crippen LogP contribution in [0.1, 0.15) is 63.8 Å². The molecule has 3 heterocycles. The fourth-order valence-corrected chi connectivity index (χ4v) is 5.67. The van der Waals surface area contributed by atoms with Crippen molar-refractivity contribution >= 4 is 23.2 Å². The molecule has 1 saturated heterocycles. The van der Waals surface area contributed by atoms with Gasteiger partial charge in [0, 0.05) is 23.9 Å². The molecule has 1 fully saturated rings. The summed E-state index contributed by atoms with van der Waals surface area (Å²) in [7, 11) is 0. The average Bonchev–Trinajstić information content (AvgIpc) is 3.56. The molecule has 1 N–H and O–H groups in total. The topological polar surface area (TPSA) is 62.6 Å². The van der Waals surface area contributed by atoms with Crippen LogP contribution in [-0.2, 0) is 17.6 Å². The fraction of sp³-hybridized carbons (Fsp3) is 0.385. The van der Waals surface area contributed by atoms with Crippen LogP contribution in [0.15, 0.2) is 58.5 Å². The number of carbonyl (C=O) groups is 2. The van der Waals surface area contributed by atoms with Gasteiger partial charge in [0.25, 0.3) is 5.91 Å². The van der Waals surface area contributed by atoms with E-state index in [9.17, 15) is 9.59 Å². The zero-order chi connectivity index (χ0) is 21.9. The van der Waals surface area contributed by atoms with Gasteiger partial charge in [-0.2, -0.15) is 0 Å². The van der Waals surface area contributed by atoms with Crippen molar-refractivity contribution in [2.75, 3.05) is 13.1 Å². The molecular formula is C26H28N2O3S. The summed E-state index contributed by atoms with van der Waals surface area (Å²) in [5.41, 5.74) is 4.03. The maximum absolute atomic E-state index is 13.2. The van der Waals surface area contributed by atoms with Crippen molar-refractivity contribution in [1.29, 1.82) is 0 Å². The van der Waals surface area contributed by atoms with E-state index in [4.69, 9.17) is 4.42 Å². The van der Waals surface area contributed by atoms with Crippen molar-refractivity contribution in [3.05, 3.63) is 81.4 Å². The predicted molar refractivity (Wildman–Crippen MR) is 125 cm³/mol. The van der Waals surface area contributed by atoms with Crippen LogP contribution in [0.4, 0.5) is 0 Å². The van der Waals surface area contributed by atoms with Crippen molar-refractivity contribution < 1.29 is 14.0 Å². The number of thiophene rings is 1. The molecule has 2 aromatic heterocycles. The lowest BCUT2D eigenvalue weighted by Gasteiger charge is -2.32. The summed E-state index contributed by atoms with van der Waals surface area (Å²) in [5, 5.41) is 5.39. The number of amides is 2. The number of nitrogens with one attached hydrogen (secondary N) is 1. The molecule has 6 heteroatoms. The van der Waals surface area contributed by atoms with Gasteiger partial charge >= 0.3 is 0 Å². The minimum Gasteiger partial charge on any atom is -0.459 e. The van der Waals surface area contributed by atoms with Crippen molar-refractivity contribution in [3.63, 3.8) is 0 Å². The van der Waals surface area contributed by atoms with E-state index >= 15 is 0 Å². The van der Waals surface area contributed by atoms with Crippen LogP contribution in [0.3, 0.4) is 0 Å². The molecule has 1 aromatic carbocycles. The Morgan fingerprint density at radius 2 is 1.84 bits per heavy atom. The maximum atomic E-state index is 13.2. The van der Waals surface area contributed by atoms with Crippen LogP contribution in [-0.4, -0.2) is 29.8 Å². The predicted octanol–water partition coefficient (Wildman–Crippen LogP) is 4.98. The molecule has 5 rings (SSSR count). The van der Waals surface area contributed by atoms with Gasteiger partial charge < -0.3 is 14.6 Å². The van der Waals surface area contributed by atoms with Gasteiger partial charge in [-0.3, -0.25) is 9.59 Å². The van der Waals surface area contributed by atoms with E-state index in [1.165, 1.54) is 30.2 Å². The third kappa shape index (κ3) is 4.37. The zero-order valence-electron chi connectivity index (χ0n) is 18.1. The van der Waals surface area contributed by atoms with E-state index in [0.29, 0.717) is 31.7 Å². The number of likely N-dealkylation sites (tertiary alicyclic amines) is 1. The van der Waals surface area contributed by atoms with Crippen molar-refractivity contribution in [2.45, 2.75) is 44.6 Å². The standard InChI is InChI=1S/C26H28N2O3S/c29-25(19-11-13-28(14-12-19)26(30)22-7-3-15-31-22)27-24(23-8-4-16-32-23)21-10-9-18-5-1-2-6-20(18)17-21/h3-4,7-10,15-17,19,24H,1-2,5-6,11-14H2,(H,27,29). The van der Waals surface area contributed by atoms with Gasteiger partial charge in [-0.15, -0.1) is 11.3 Å². The normalized spacial score (nSPS) is 17.6. The summed E-state index contributed by atoms with van der Waals surface area (Å²) in [4.78, 5) is 28.7. The smallest absolute Gasteiger partial charge is 0.289 e. The van der Waals surface area contributed by atoms with Gasteiger partial charge in [0.15, 0.2) is 5.76 Å². The molecule has 5 nitrogen and oxygen atoms in total. The van der Waals surface area contributed by atoms with Gasteiger partial charge in [0.1, 0.15) is 0 Å². The Kier molecular flexibility index (Phi) is 6.12. The van der Waals surface area contributed by atoms with E-state index in [2.05, 4.69) is 35.0 Å². The summed E-state index contributed by atoms with van der Waals surface area (Å²) in [5.74, 6) is 0.249. The zero-order valence-corrected chi connectivity index (χ0v) is 18.9. The minimum absolute atomic E-state index is 0.0752. The summed E-state index contributed by atoms with van der Waals surface area (Å²) >= 11 is 1.68. The highest BCUT2D eigenvalue weighted by molar-refractivity contribution is 7.10. The third-order valence-electron chi connectivity index (χ3n) is 6.71. The van der Waals surface area contributed by atoms with Gasteiger partial charge in [-0.05, 0) is 78.8 Å². The first-order valence-electron chi connectivity index (χ1n) is 11.5. The lowest BCUT2D eigenvalue weighted by molar-refractivity contribution is -0.126. The highest BCUT2D eigenvalue weighted by atomic mass is 32.1. The Morgan fingerprint density at radius 3 is 2.56 bits per heavy atom. The number of rotatable bonds is 5. The second-order valence-electron chi connectivity index (χ2n) is 8.74. The molecule has 2 aliphatic rings. The number of fused-ring (bicyclic) bond motifs is 1. The molecule has 0 spiro atoms. The molecule has 1 aliphatic carbocycles. The van der Waals surface area contributed by atoms with Crippen LogP contribution in [0.2, 0.25) is 0 Å². The van der Waals surface area contributed by atoms with Crippen molar-refractivity contribution in [3.8, 4) is 0 Å². The Labute approximate surface area is 192 Å². The van der Waals surface area contributed by atoms with E-state index in [1.807, 2.05) is 6.07 Å². The molecule has 32 heavy (non-hydrogen) atoms. The number of carbonyl (C=O) groups excluding carboxylic acids is 2. The lowest BCUT2D eigenvalue weighted by Crippen LogP contribution is -2.43. The van der Waals surface area contributed by atoms with Crippen LogP contribution in [0, 0.1) is 5.92 Å². The first-order chi connectivity index (χ1) is 15.7. The fourth-order valence-electron chi connectivity index (χ4n) is 4.87. The lowest BCUT2D eigenvalue weighted by atomic mass is 9.88. The first-order valence-corrected chi connectivity index (χ1v) is 12.4. The van der Waals surface area contributed by atoms with Gasteiger partial charge in [0.05, 0.1) is 12.3 Å². The highest BCUT2D eigenvalue weighted by Gasteiger charge is 2.30.